The number of carboxylic acid groups (broad SMARTS) is 1. The Morgan fingerprint density at radius 2 is 2.26 bits per heavy atom. The van der Waals surface area contributed by atoms with Crippen LogP contribution >= 0.6 is 0 Å². The van der Waals surface area contributed by atoms with Crippen molar-refractivity contribution in [3.8, 4) is 0 Å². The predicted molar refractivity (Wildman–Crippen MR) is 66.3 cm³/mol. The lowest BCUT2D eigenvalue weighted by Gasteiger charge is -2.04. The highest BCUT2D eigenvalue weighted by atomic mass is 16.4. The summed E-state index contributed by atoms with van der Waals surface area (Å²) >= 11 is 0. The zero-order valence-electron chi connectivity index (χ0n) is 10.4. The fourth-order valence-corrected chi connectivity index (χ4v) is 2.72. The minimum absolute atomic E-state index is 0.195. The number of fused-ring (bicyclic) bond motifs is 1. The lowest BCUT2D eigenvalue weighted by atomic mass is 10.0. The summed E-state index contributed by atoms with van der Waals surface area (Å²) in [6, 6.07) is 5.07. The molecule has 0 spiro atoms. The smallest absolute Gasteiger partial charge is 0.312 e. The van der Waals surface area contributed by atoms with E-state index in [0.29, 0.717) is 24.4 Å². The van der Waals surface area contributed by atoms with Gasteiger partial charge in [0.2, 0.25) is 5.78 Å². The molecule has 2 aromatic heterocycles. The van der Waals surface area contributed by atoms with E-state index in [1.54, 1.807) is 22.8 Å². The molecule has 3 heterocycles. The highest BCUT2D eigenvalue weighted by Crippen LogP contribution is 2.33. The van der Waals surface area contributed by atoms with E-state index in [0.717, 1.165) is 5.56 Å². The van der Waals surface area contributed by atoms with Gasteiger partial charge in [0, 0.05) is 12.2 Å². The van der Waals surface area contributed by atoms with E-state index in [-0.39, 0.29) is 11.5 Å². The number of rotatable bonds is 3. The van der Waals surface area contributed by atoms with Crippen molar-refractivity contribution in [1.29, 1.82) is 0 Å². The quantitative estimate of drug-likeness (QED) is 0.857. The molecule has 0 aromatic carbocycles. The molecule has 98 valence electrons. The van der Waals surface area contributed by atoms with Crippen LogP contribution in [0.15, 0.2) is 28.9 Å². The monoisotopic (exact) mass is 259 g/mol. The maximum absolute atomic E-state index is 12.4. The first-order valence-electron chi connectivity index (χ1n) is 6.10. The first kappa shape index (κ1) is 11.8. The number of hydrogen-bond donors (Lipinski definition) is 1. The number of furan rings is 1. The molecule has 2 aromatic rings. The summed E-state index contributed by atoms with van der Waals surface area (Å²) in [7, 11) is 0. The van der Waals surface area contributed by atoms with Gasteiger partial charge in [0.15, 0.2) is 5.76 Å². The molecule has 1 unspecified atom stereocenters. The number of aliphatic carboxylic acids is 1. The highest BCUT2D eigenvalue weighted by molar-refractivity contribution is 6.07. The Bertz CT molecular complexity index is 651. The van der Waals surface area contributed by atoms with Crippen LogP contribution in [0.3, 0.4) is 0 Å². The van der Waals surface area contributed by atoms with Gasteiger partial charge in [0.25, 0.3) is 0 Å². The molecule has 0 aliphatic carbocycles. The van der Waals surface area contributed by atoms with Crippen molar-refractivity contribution in [2.75, 3.05) is 0 Å². The second-order valence-corrected chi connectivity index (χ2v) is 4.74. The minimum atomic E-state index is -0.840. The van der Waals surface area contributed by atoms with Crippen molar-refractivity contribution in [2.24, 2.45) is 0 Å². The standard InChI is InChI=1S/C14H13NO4/c1-8-7-10-9(14(17)18)4-5-15(10)12(8)13(16)11-3-2-6-19-11/h2-3,6-7,9H,4-5H2,1H3,(H,17,18). The Balaban J connectivity index is 2.07. The molecular formula is C14H13NO4. The number of aryl methyl sites for hydroxylation is 1. The van der Waals surface area contributed by atoms with E-state index in [1.165, 1.54) is 6.26 Å². The molecule has 0 fully saturated rings. The van der Waals surface area contributed by atoms with Gasteiger partial charge in [-0.25, -0.2) is 0 Å². The maximum atomic E-state index is 12.4. The molecule has 1 N–H and O–H groups in total. The third-order valence-electron chi connectivity index (χ3n) is 3.58. The molecule has 0 saturated heterocycles. The number of aromatic nitrogens is 1. The number of nitrogens with zero attached hydrogens (tertiary/aromatic N) is 1. The molecule has 3 rings (SSSR count). The summed E-state index contributed by atoms with van der Waals surface area (Å²) < 4.78 is 6.93. The van der Waals surface area contributed by atoms with Crippen LogP contribution in [-0.2, 0) is 11.3 Å². The molecule has 1 aliphatic rings. The van der Waals surface area contributed by atoms with Crippen LogP contribution in [0, 0.1) is 6.92 Å². The highest BCUT2D eigenvalue weighted by Gasteiger charge is 2.33. The molecule has 0 bridgehead atoms. The summed E-state index contributed by atoms with van der Waals surface area (Å²) in [4.78, 5) is 23.5. The van der Waals surface area contributed by atoms with Crippen LogP contribution < -0.4 is 0 Å². The Labute approximate surface area is 109 Å². The van der Waals surface area contributed by atoms with Gasteiger partial charge in [-0.15, -0.1) is 0 Å². The zero-order chi connectivity index (χ0) is 13.6. The van der Waals surface area contributed by atoms with Crippen LogP contribution in [0.1, 0.15) is 39.8 Å². The Hall–Kier alpha value is -2.30. The van der Waals surface area contributed by atoms with E-state index in [4.69, 9.17) is 9.52 Å². The lowest BCUT2D eigenvalue weighted by molar-refractivity contribution is -0.138. The van der Waals surface area contributed by atoms with Gasteiger partial charge in [-0.05, 0) is 37.1 Å². The first-order valence-corrected chi connectivity index (χ1v) is 6.10. The van der Waals surface area contributed by atoms with Crippen LogP contribution in [0.4, 0.5) is 0 Å². The van der Waals surface area contributed by atoms with Crippen LogP contribution in [0.5, 0.6) is 0 Å². The fourth-order valence-electron chi connectivity index (χ4n) is 2.72. The fraction of sp³-hybridized carbons (Fsp3) is 0.286. The zero-order valence-corrected chi connectivity index (χ0v) is 10.4. The Morgan fingerprint density at radius 1 is 1.47 bits per heavy atom. The molecule has 19 heavy (non-hydrogen) atoms. The van der Waals surface area contributed by atoms with E-state index in [2.05, 4.69) is 0 Å². The number of carbonyl (C=O) groups is 2. The first-order chi connectivity index (χ1) is 9.09. The van der Waals surface area contributed by atoms with Gasteiger partial charge < -0.3 is 14.1 Å². The molecule has 0 radical (unpaired) electrons. The average Bonchev–Trinajstić information content (AvgIpc) is 3.01. The molecule has 1 aliphatic heterocycles. The van der Waals surface area contributed by atoms with Gasteiger partial charge in [0.05, 0.1) is 17.9 Å². The second kappa shape index (κ2) is 4.12. The molecule has 0 saturated carbocycles. The largest absolute Gasteiger partial charge is 0.481 e. The molecule has 5 heteroatoms. The summed E-state index contributed by atoms with van der Waals surface area (Å²) in [6.45, 7) is 2.38. The van der Waals surface area contributed by atoms with Gasteiger partial charge >= 0.3 is 5.97 Å². The Kier molecular flexibility index (Phi) is 2.55. The van der Waals surface area contributed by atoms with Crippen LogP contribution in [0.25, 0.3) is 0 Å². The summed E-state index contributed by atoms with van der Waals surface area (Å²) in [5.74, 6) is -1.27. The van der Waals surface area contributed by atoms with Gasteiger partial charge in [-0.3, -0.25) is 9.59 Å². The van der Waals surface area contributed by atoms with Crippen molar-refractivity contribution >= 4 is 11.8 Å². The molecule has 1 atom stereocenters. The van der Waals surface area contributed by atoms with E-state index < -0.39 is 11.9 Å². The molecule has 0 amide bonds. The molecular weight excluding hydrogens is 246 g/mol. The number of ketones is 1. The van der Waals surface area contributed by atoms with Crippen molar-refractivity contribution in [3.63, 3.8) is 0 Å². The van der Waals surface area contributed by atoms with Crippen molar-refractivity contribution in [3.05, 3.63) is 47.2 Å². The Morgan fingerprint density at radius 3 is 2.89 bits per heavy atom. The maximum Gasteiger partial charge on any atom is 0.312 e. The van der Waals surface area contributed by atoms with Crippen LogP contribution in [-0.4, -0.2) is 21.4 Å². The normalized spacial score (nSPS) is 17.4. The summed E-state index contributed by atoms with van der Waals surface area (Å²) in [6.07, 6.45) is 1.99. The summed E-state index contributed by atoms with van der Waals surface area (Å²) in [5.41, 5.74) is 2.04. The van der Waals surface area contributed by atoms with Crippen LogP contribution in [0.2, 0.25) is 0 Å². The number of hydrogen-bond acceptors (Lipinski definition) is 3. The number of carbonyl (C=O) groups excluding carboxylic acids is 1. The van der Waals surface area contributed by atoms with Crippen molar-refractivity contribution < 1.29 is 19.1 Å². The van der Waals surface area contributed by atoms with Crippen molar-refractivity contribution in [2.45, 2.75) is 25.8 Å². The minimum Gasteiger partial charge on any atom is -0.481 e. The SMILES string of the molecule is Cc1cc2n(c1C(=O)c1ccco1)CCC2C(=O)O. The van der Waals surface area contributed by atoms with E-state index in [9.17, 15) is 9.59 Å². The van der Waals surface area contributed by atoms with Crippen molar-refractivity contribution in [1.82, 2.24) is 4.57 Å². The third kappa shape index (κ3) is 1.69. The van der Waals surface area contributed by atoms with E-state index in [1.807, 2.05) is 6.92 Å². The average molecular weight is 259 g/mol. The topological polar surface area (TPSA) is 72.4 Å². The lowest BCUT2D eigenvalue weighted by Crippen LogP contribution is -2.10. The third-order valence-corrected chi connectivity index (χ3v) is 3.58. The van der Waals surface area contributed by atoms with Gasteiger partial charge in [0.1, 0.15) is 0 Å². The summed E-state index contributed by atoms with van der Waals surface area (Å²) in [5, 5.41) is 9.17. The van der Waals surface area contributed by atoms with E-state index >= 15 is 0 Å². The second-order valence-electron chi connectivity index (χ2n) is 4.74. The van der Waals surface area contributed by atoms with Gasteiger partial charge in [-0.1, -0.05) is 0 Å². The van der Waals surface area contributed by atoms with Gasteiger partial charge in [-0.2, -0.15) is 0 Å². The molecule has 5 nitrogen and oxygen atoms in total. The predicted octanol–water partition coefficient (Wildman–Crippen LogP) is 2.19. The number of carboxylic acids is 1.